The molecule has 25 heavy (non-hydrogen) atoms. The summed E-state index contributed by atoms with van der Waals surface area (Å²) in [7, 11) is 0. The van der Waals surface area contributed by atoms with E-state index in [2.05, 4.69) is 13.5 Å². The second-order valence-corrected chi connectivity index (χ2v) is 5.67. The molecule has 0 aliphatic rings. The number of benzene rings is 1. The number of esters is 1. The van der Waals surface area contributed by atoms with E-state index in [4.69, 9.17) is 14.6 Å². The molecule has 0 heterocycles. The van der Waals surface area contributed by atoms with Crippen LogP contribution in [0.3, 0.4) is 0 Å². The van der Waals surface area contributed by atoms with Gasteiger partial charge in [-0.05, 0) is 31.4 Å². The van der Waals surface area contributed by atoms with Crippen LogP contribution in [-0.4, -0.2) is 30.9 Å². The molecule has 1 aromatic rings. The summed E-state index contributed by atoms with van der Waals surface area (Å²) >= 11 is 0. The van der Waals surface area contributed by atoms with Crippen LogP contribution < -0.4 is 4.74 Å². The minimum absolute atomic E-state index is 0.133. The molecule has 1 rings (SSSR count). The molecule has 0 aliphatic carbocycles. The quantitative estimate of drug-likeness (QED) is 0.257. The van der Waals surface area contributed by atoms with Gasteiger partial charge >= 0.3 is 5.97 Å². The van der Waals surface area contributed by atoms with Crippen LogP contribution in [0.5, 0.6) is 5.75 Å². The van der Waals surface area contributed by atoms with Crippen LogP contribution in [-0.2, 0) is 16.0 Å². The molecule has 0 saturated carbocycles. The fourth-order valence-electron chi connectivity index (χ4n) is 2.26. The highest BCUT2D eigenvalue weighted by atomic mass is 16.5. The van der Waals surface area contributed by atoms with Gasteiger partial charge in [-0.2, -0.15) is 0 Å². The Kier molecular flexibility index (Phi) is 16.0. The number of carbonyl (C=O) groups excluding carboxylic acids is 1. The topological polar surface area (TPSA) is 55.8 Å². The summed E-state index contributed by atoms with van der Waals surface area (Å²) in [5.41, 5.74) is 1.10. The van der Waals surface area contributed by atoms with Crippen molar-refractivity contribution in [1.82, 2.24) is 0 Å². The second kappa shape index (κ2) is 17.2. The van der Waals surface area contributed by atoms with Gasteiger partial charge in [-0.1, -0.05) is 63.8 Å². The zero-order valence-corrected chi connectivity index (χ0v) is 15.8. The van der Waals surface area contributed by atoms with Crippen LogP contribution in [0.4, 0.5) is 0 Å². The lowest BCUT2D eigenvalue weighted by Crippen LogP contribution is -2.05. The van der Waals surface area contributed by atoms with Crippen LogP contribution >= 0.6 is 0 Å². The van der Waals surface area contributed by atoms with Gasteiger partial charge < -0.3 is 14.6 Å². The Morgan fingerprint density at radius 1 is 1.12 bits per heavy atom. The van der Waals surface area contributed by atoms with Gasteiger partial charge in [0, 0.05) is 12.7 Å². The smallest absolute Gasteiger partial charge is 0.335 e. The fourth-order valence-corrected chi connectivity index (χ4v) is 2.26. The average molecular weight is 350 g/mol. The Balaban J connectivity index is 0.000000823. The Bertz CT molecular complexity index is 453. The summed E-state index contributed by atoms with van der Waals surface area (Å²) in [4.78, 5) is 11.2. The molecule has 1 N–H and O–H groups in total. The molecule has 4 nitrogen and oxygen atoms in total. The van der Waals surface area contributed by atoms with E-state index in [1.165, 1.54) is 38.2 Å². The van der Waals surface area contributed by atoms with Crippen molar-refractivity contribution in [1.29, 1.82) is 0 Å². The van der Waals surface area contributed by atoms with Crippen molar-refractivity contribution in [3.63, 3.8) is 0 Å². The second-order valence-electron chi connectivity index (χ2n) is 5.67. The van der Waals surface area contributed by atoms with Gasteiger partial charge in [0.05, 0.1) is 13.2 Å². The number of ether oxygens (including phenoxy) is 2. The minimum atomic E-state index is -0.393. The molecule has 0 fully saturated rings. The van der Waals surface area contributed by atoms with E-state index in [-0.39, 0.29) is 6.61 Å². The lowest BCUT2D eigenvalue weighted by molar-refractivity contribution is -0.129. The molecular weight excluding hydrogens is 316 g/mol. The largest absolute Gasteiger partial charge is 0.423 e. The number of carbonyl (C=O) groups is 1. The zero-order valence-electron chi connectivity index (χ0n) is 15.8. The Labute approximate surface area is 152 Å². The first-order valence-corrected chi connectivity index (χ1v) is 9.30. The third-order valence-electron chi connectivity index (χ3n) is 3.59. The first-order valence-electron chi connectivity index (χ1n) is 9.30. The number of hydrogen-bond acceptors (Lipinski definition) is 4. The molecule has 0 bridgehead atoms. The van der Waals surface area contributed by atoms with Crippen LogP contribution in [0.1, 0.15) is 57.9 Å². The van der Waals surface area contributed by atoms with Crippen LogP contribution in [0.15, 0.2) is 36.9 Å². The Morgan fingerprint density at radius 2 is 1.80 bits per heavy atom. The zero-order chi connectivity index (χ0) is 18.8. The lowest BCUT2D eigenvalue weighted by Gasteiger charge is -2.08. The summed E-state index contributed by atoms with van der Waals surface area (Å²) in [6.45, 7) is 8.84. The normalized spacial score (nSPS) is 9.88. The molecule has 4 heteroatoms. The molecule has 1 aromatic carbocycles. The SMILES string of the molecule is C=CC(=O)Oc1ccccc1CCCCCCCC.CCOCCO. The molecular formula is C21H34O4. The standard InChI is InChI=1S/C17H24O2.C4H10O2/c1-3-5-6-7-8-9-12-15-13-10-11-14-16(15)19-17(18)4-2;1-2-6-4-3-5/h4,10-11,13-14H,2-3,5-9,12H2,1H3;5H,2-4H2,1H3. The van der Waals surface area contributed by atoms with Crippen molar-refractivity contribution >= 4 is 5.97 Å². The Hall–Kier alpha value is -1.65. The number of para-hydroxylation sites is 1. The van der Waals surface area contributed by atoms with Gasteiger partial charge in [-0.15, -0.1) is 0 Å². The van der Waals surface area contributed by atoms with E-state index < -0.39 is 5.97 Å². The number of hydrogen-bond donors (Lipinski definition) is 1. The number of aliphatic hydroxyl groups excluding tert-OH is 1. The highest BCUT2D eigenvalue weighted by molar-refractivity contribution is 5.83. The van der Waals surface area contributed by atoms with E-state index in [0.717, 1.165) is 18.4 Å². The molecule has 0 radical (unpaired) electrons. The molecule has 0 unspecified atom stereocenters. The minimum Gasteiger partial charge on any atom is -0.423 e. The molecule has 0 amide bonds. The maximum atomic E-state index is 11.2. The maximum Gasteiger partial charge on any atom is 0.335 e. The van der Waals surface area contributed by atoms with Crippen molar-refractivity contribution in [2.24, 2.45) is 0 Å². The Morgan fingerprint density at radius 3 is 2.40 bits per heavy atom. The van der Waals surface area contributed by atoms with Crippen molar-refractivity contribution in [2.45, 2.75) is 58.8 Å². The highest BCUT2D eigenvalue weighted by Crippen LogP contribution is 2.21. The van der Waals surface area contributed by atoms with Crippen LogP contribution in [0.2, 0.25) is 0 Å². The number of rotatable bonds is 12. The van der Waals surface area contributed by atoms with E-state index in [9.17, 15) is 4.79 Å². The van der Waals surface area contributed by atoms with Gasteiger partial charge in [0.15, 0.2) is 0 Å². The summed E-state index contributed by atoms with van der Waals surface area (Å²) in [5, 5.41) is 8.07. The first-order chi connectivity index (χ1) is 12.2. The molecule has 0 spiro atoms. The molecule has 0 saturated heterocycles. The molecule has 0 aliphatic heterocycles. The van der Waals surface area contributed by atoms with Gasteiger partial charge in [-0.3, -0.25) is 0 Å². The maximum absolute atomic E-state index is 11.2. The van der Waals surface area contributed by atoms with Gasteiger partial charge in [-0.25, -0.2) is 4.79 Å². The van der Waals surface area contributed by atoms with Crippen molar-refractivity contribution < 1.29 is 19.4 Å². The number of aliphatic hydroxyl groups is 1. The van der Waals surface area contributed by atoms with Gasteiger partial charge in [0.2, 0.25) is 0 Å². The monoisotopic (exact) mass is 350 g/mol. The van der Waals surface area contributed by atoms with E-state index in [1.807, 2.05) is 31.2 Å². The number of aryl methyl sites for hydroxylation is 1. The molecule has 142 valence electrons. The third-order valence-corrected chi connectivity index (χ3v) is 3.59. The summed E-state index contributed by atoms with van der Waals surface area (Å²) < 4.78 is 9.97. The first kappa shape index (κ1) is 23.4. The summed E-state index contributed by atoms with van der Waals surface area (Å²) in [6.07, 6.45) is 9.77. The van der Waals surface area contributed by atoms with Gasteiger partial charge in [0.25, 0.3) is 0 Å². The van der Waals surface area contributed by atoms with E-state index >= 15 is 0 Å². The van der Waals surface area contributed by atoms with Crippen molar-refractivity contribution in [3.8, 4) is 5.75 Å². The fraction of sp³-hybridized carbons (Fsp3) is 0.571. The predicted octanol–water partition coefficient (Wildman–Crippen LogP) is 4.70. The summed E-state index contributed by atoms with van der Waals surface area (Å²) in [6, 6.07) is 7.74. The van der Waals surface area contributed by atoms with Crippen molar-refractivity contribution in [2.75, 3.05) is 19.8 Å². The average Bonchev–Trinajstić information content (AvgIpc) is 2.64. The van der Waals surface area contributed by atoms with E-state index in [0.29, 0.717) is 19.0 Å². The number of unbranched alkanes of at least 4 members (excludes halogenated alkanes) is 5. The predicted molar refractivity (Wildman–Crippen MR) is 103 cm³/mol. The molecule has 0 atom stereocenters. The van der Waals surface area contributed by atoms with Crippen LogP contribution in [0.25, 0.3) is 0 Å². The lowest BCUT2D eigenvalue weighted by atomic mass is 10.0. The van der Waals surface area contributed by atoms with Crippen LogP contribution in [0, 0.1) is 0 Å². The summed E-state index contributed by atoms with van der Waals surface area (Å²) in [5.74, 6) is 0.274. The van der Waals surface area contributed by atoms with Crippen molar-refractivity contribution in [3.05, 3.63) is 42.5 Å². The molecule has 0 aromatic heterocycles. The van der Waals surface area contributed by atoms with E-state index in [1.54, 1.807) is 0 Å². The van der Waals surface area contributed by atoms with Gasteiger partial charge in [0.1, 0.15) is 5.75 Å². The third kappa shape index (κ3) is 13.3. The highest BCUT2D eigenvalue weighted by Gasteiger charge is 2.05.